The summed E-state index contributed by atoms with van der Waals surface area (Å²) >= 11 is 0. The second-order valence-electron chi connectivity index (χ2n) is 6.92. The van der Waals surface area contributed by atoms with E-state index < -0.39 is 0 Å². The van der Waals surface area contributed by atoms with Crippen LogP contribution in [0.15, 0.2) is 41.6 Å². The molecule has 27 heavy (non-hydrogen) atoms. The summed E-state index contributed by atoms with van der Waals surface area (Å²) in [5.74, 6) is 0.0685. The largest absolute Gasteiger partial charge is 0.337 e. The summed E-state index contributed by atoms with van der Waals surface area (Å²) in [4.78, 5) is 33.6. The first-order valence-corrected chi connectivity index (χ1v) is 9.09. The number of aromatic amines is 1. The molecule has 1 saturated heterocycles. The predicted octanol–water partition coefficient (Wildman–Crippen LogP) is 1.16. The van der Waals surface area contributed by atoms with Crippen LogP contribution in [-0.2, 0) is 6.54 Å². The van der Waals surface area contributed by atoms with E-state index in [1.807, 2.05) is 12.1 Å². The average Bonchev–Trinajstić information content (AvgIpc) is 3.11. The number of rotatable bonds is 4. The summed E-state index contributed by atoms with van der Waals surface area (Å²) in [6, 6.07) is 5.36. The zero-order valence-corrected chi connectivity index (χ0v) is 15.2. The molecule has 0 bridgehead atoms. The van der Waals surface area contributed by atoms with E-state index in [9.17, 15) is 9.59 Å². The molecule has 0 saturated carbocycles. The number of pyridine rings is 1. The number of nitrogens with zero attached hydrogens (tertiary/aromatic N) is 4. The molecule has 0 spiro atoms. The van der Waals surface area contributed by atoms with Crippen molar-refractivity contribution in [1.29, 1.82) is 0 Å². The van der Waals surface area contributed by atoms with Crippen LogP contribution in [0.2, 0.25) is 0 Å². The van der Waals surface area contributed by atoms with Crippen LogP contribution >= 0.6 is 0 Å². The van der Waals surface area contributed by atoms with E-state index in [1.165, 1.54) is 6.20 Å². The van der Waals surface area contributed by atoms with Gasteiger partial charge in [-0.25, -0.2) is 4.52 Å². The number of piperidine rings is 1. The normalized spacial score (nSPS) is 15.1. The van der Waals surface area contributed by atoms with Crippen LogP contribution in [-0.4, -0.2) is 50.5 Å². The summed E-state index contributed by atoms with van der Waals surface area (Å²) < 4.78 is 1.71. The Kier molecular flexibility index (Phi) is 4.72. The molecule has 0 unspecified atom stereocenters. The number of nitrogens with one attached hydrogen (secondary N) is 2. The molecule has 3 aromatic heterocycles. The Balaban J connectivity index is 1.67. The zero-order chi connectivity index (χ0) is 18.8. The molecule has 2 N–H and O–H groups in total. The molecule has 0 atom stereocenters. The molecule has 140 valence electrons. The first kappa shape index (κ1) is 17.4. The van der Waals surface area contributed by atoms with Gasteiger partial charge in [-0.15, -0.1) is 0 Å². The Labute approximate surface area is 156 Å². The zero-order valence-electron chi connectivity index (χ0n) is 15.2. The molecule has 4 heterocycles. The van der Waals surface area contributed by atoms with Crippen molar-refractivity contribution < 1.29 is 4.79 Å². The highest BCUT2D eigenvalue weighted by atomic mass is 16.2. The van der Waals surface area contributed by atoms with E-state index >= 15 is 0 Å². The second-order valence-corrected chi connectivity index (χ2v) is 6.92. The molecule has 4 rings (SSSR count). The van der Waals surface area contributed by atoms with Crippen LogP contribution in [0, 0.1) is 0 Å². The number of carbonyl (C=O) groups excluding carboxylic acids is 1. The fourth-order valence-electron chi connectivity index (χ4n) is 3.62. The van der Waals surface area contributed by atoms with Crippen molar-refractivity contribution in [3.63, 3.8) is 0 Å². The van der Waals surface area contributed by atoms with E-state index in [0.29, 0.717) is 17.8 Å². The quantitative estimate of drug-likeness (QED) is 0.722. The van der Waals surface area contributed by atoms with Crippen LogP contribution in [0.4, 0.5) is 0 Å². The van der Waals surface area contributed by atoms with Gasteiger partial charge in [-0.3, -0.25) is 14.6 Å². The smallest absolute Gasteiger partial charge is 0.259 e. The van der Waals surface area contributed by atoms with E-state index in [4.69, 9.17) is 0 Å². The Morgan fingerprint density at radius 1 is 1.33 bits per heavy atom. The van der Waals surface area contributed by atoms with Crippen LogP contribution in [0.3, 0.4) is 0 Å². The Morgan fingerprint density at radius 3 is 2.89 bits per heavy atom. The number of carbonyl (C=O) groups is 1. The van der Waals surface area contributed by atoms with Gasteiger partial charge in [-0.05, 0) is 37.6 Å². The molecule has 1 aliphatic rings. The van der Waals surface area contributed by atoms with Crippen molar-refractivity contribution in [3.05, 3.63) is 64.0 Å². The van der Waals surface area contributed by atoms with Gasteiger partial charge in [-0.2, -0.15) is 5.10 Å². The first-order valence-electron chi connectivity index (χ1n) is 9.09. The number of hydrogen-bond donors (Lipinski definition) is 2. The lowest BCUT2D eigenvalue weighted by atomic mass is 9.94. The summed E-state index contributed by atoms with van der Waals surface area (Å²) in [5.41, 5.74) is 2.45. The molecule has 8 nitrogen and oxygen atoms in total. The molecule has 8 heteroatoms. The SMILES string of the molecule is CN(Cc1cccnc1)C(=O)c1cnn2c(C3CCNCC3)cc(=O)[nH]c12. The molecule has 1 fully saturated rings. The van der Waals surface area contributed by atoms with Gasteiger partial charge in [0, 0.05) is 38.0 Å². The van der Waals surface area contributed by atoms with Gasteiger partial charge < -0.3 is 15.2 Å². The molecule has 0 aromatic carbocycles. The lowest BCUT2D eigenvalue weighted by Gasteiger charge is -2.23. The highest BCUT2D eigenvalue weighted by molar-refractivity contribution is 5.99. The number of H-pyrrole nitrogens is 1. The van der Waals surface area contributed by atoms with Gasteiger partial charge in [-0.1, -0.05) is 6.07 Å². The standard InChI is InChI=1S/C19H22N6O2/c1-24(12-13-3-2-6-21-10-13)19(27)15-11-22-25-16(9-17(26)23-18(15)25)14-4-7-20-8-5-14/h2-3,6,9-11,14,20H,4-5,7-8,12H2,1H3,(H,23,26). The summed E-state index contributed by atoms with van der Waals surface area (Å²) in [7, 11) is 1.73. The second kappa shape index (κ2) is 7.32. The van der Waals surface area contributed by atoms with Crippen LogP contribution in [0.1, 0.15) is 40.4 Å². The molecule has 1 amide bonds. The van der Waals surface area contributed by atoms with Gasteiger partial charge in [0.25, 0.3) is 11.5 Å². The van der Waals surface area contributed by atoms with Crippen molar-refractivity contribution in [1.82, 2.24) is 29.8 Å². The van der Waals surface area contributed by atoms with Crippen molar-refractivity contribution >= 4 is 11.6 Å². The Hall–Kier alpha value is -3.00. The topological polar surface area (TPSA) is 95.4 Å². The van der Waals surface area contributed by atoms with Gasteiger partial charge in [0.15, 0.2) is 0 Å². The maximum atomic E-state index is 12.9. The first-order chi connectivity index (χ1) is 13.1. The molecular formula is C19H22N6O2. The van der Waals surface area contributed by atoms with E-state index in [0.717, 1.165) is 37.2 Å². The monoisotopic (exact) mass is 366 g/mol. The summed E-state index contributed by atoms with van der Waals surface area (Å²) in [5, 5.41) is 7.74. The lowest BCUT2D eigenvalue weighted by Crippen LogP contribution is -2.29. The predicted molar refractivity (Wildman–Crippen MR) is 101 cm³/mol. The van der Waals surface area contributed by atoms with E-state index in [2.05, 4.69) is 20.4 Å². The van der Waals surface area contributed by atoms with Crippen LogP contribution in [0.5, 0.6) is 0 Å². The number of amides is 1. The highest BCUT2D eigenvalue weighted by Crippen LogP contribution is 2.25. The minimum Gasteiger partial charge on any atom is -0.337 e. The Bertz CT molecular complexity index is 1000. The maximum absolute atomic E-state index is 12.9. The third-order valence-electron chi connectivity index (χ3n) is 5.01. The van der Waals surface area contributed by atoms with Crippen molar-refractivity contribution in [2.24, 2.45) is 0 Å². The number of aromatic nitrogens is 4. The third-order valence-corrected chi connectivity index (χ3v) is 5.01. The van der Waals surface area contributed by atoms with Crippen LogP contribution in [0.25, 0.3) is 5.65 Å². The highest BCUT2D eigenvalue weighted by Gasteiger charge is 2.23. The van der Waals surface area contributed by atoms with Crippen LogP contribution < -0.4 is 10.9 Å². The number of hydrogen-bond acceptors (Lipinski definition) is 5. The fourth-order valence-corrected chi connectivity index (χ4v) is 3.62. The molecule has 0 aliphatic carbocycles. The van der Waals surface area contributed by atoms with Gasteiger partial charge in [0.05, 0.1) is 11.9 Å². The fraction of sp³-hybridized carbons (Fsp3) is 0.368. The van der Waals surface area contributed by atoms with Crippen molar-refractivity contribution in [3.8, 4) is 0 Å². The molecule has 1 aliphatic heterocycles. The van der Waals surface area contributed by atoms with Gasteiger partial charge in [0.2, 0.25) is 0 Å². The van der Waals surface area contributed by atoms with Gasteiger partial charge in [0.1, 0.15) is 11.2 Å². The summed E-state index contributed by atoms with van der Waals surface area (Å²) in [6.45, 7) is 2.27. The third kappa shape index (κ3) is 3.48. The maximum Gasteiger partial charge on any atom is 0.259 e. The number of fused-ring (bicyclic) bond motifs is 1. The lowest BCUT2D eigenvalue weighted by molar-refractivity contribution is 0.0786. The molecular weight excluding hydrogens is 344 g/mol. The average molecular weight is 366 g/mol. The van der Waals surface area contributed by atoms with E-state index in [1.54, 1.807) is 34.9 Å². The Morgan fingerprint density at radius 2 is 2.15 bits per heavy atom. The molecule has 3 aromatic rings. The van der Waals surface area contributed by atoms with Crippen molar-refractivity contribution in [2.75, 3.05) is 20.1 Å². The molecule has 0 radical (unpaired) electrons. The summed E-state index contributed by atoms with van der Waals surface area (Å²) in [6.07, 6.45) is 6.86. The van der Waals surface area contributed by atoms with E-state index in [-0.39, 0.29) is 17.4 Å². The van der Waals surface area contributed by atoms with Crippen molar-refractivity contribution in [2.45, 2.75) is 25.3 Å². The minimum atomic E-state index is -0.208. The van der Waals surface area contributed by atoms with Gasteiger partial charge >= 0.3 is 0 Å². The minimum absolute atomic E-state index is 0.188.